The van der Waals surface area contributed by atoms with Crippen molar-refractivity contribution in [3.05, 3.63) is 23.8 Å². The van der Waals surface area contributed by atoms with Crippen LogP contribution in [-0.4, -0.2) is 43.9 Å². The Morgan fingerprint density at radius 1 is 1.37 bits per heavy atom. The van der Waals surface area contributed by atoms with Crippen molar-refractivity contribution in [1.29, 1.82) is 0 Å². The van der Waals surface area contributed by atoms with Gasteiger partial charge in [0.25, 0.3) is 0 Å². The first-order chi connectivity index (χ1) is 9.20. The molecule has 1 aliphatic rings. The molecule has 1 aromatic carbocycles. The molecule has 6 nitrogen and oxygen atoms in total. The van der Waals surface area contributed by atoms with Gasteiger partial charge in [0.05, 0.1) is 0 Å². The number of carboxylic acid groups (broad SMARTS) is 1. The van der Waals surface area contributed by atoms with Crippen LogP contribution in [0, 0.1) is 0 Å². The highest BCUT2D eigenvalue weighted by atomic mass is 16.6. The fraction of sp³-hybridized carbons (Fsp3) is 0.462. The maximum atomic E-state index is 10.8. The van der Waals surface area contributed by atoms with Crippen molar-refractivity contribution in [3.8, 4) is 11.5 Å². The van der Waals surface area contributed by atoms with Crippen LogP contribution in [0.25, 0.3) is 0 Å². The summed E-state index contributed by atoms with van der Waals surface area (Å²) in [7, 11) is 1.63. The minimum atomic E-state index is -0.864. The summed E-state index contributed by atoms with van der Waals surface area (Å²) in [4.78, 5) is 10.8. The summed E-state index contributed by atoms with van der Waals surface area (Å²) in [6.07, 6.45) is 0. The van der Waals surface area contributed by atoms with Crippen molar-refractivity contribution in [1.82, 2.24) is 10.6 Å². The van der Waals surface area contributed by atoms with Crippen molar-refractivity contribution >= 4 is 5.97 Å². The summed E-state index contributed by atoms with van der Waals surface area (Å²) >= 11 is 0. The Morgan fingerprint density at radius 2 is 2.11 bits per heavy atom. The second kappa shape index (κ2) is 6.40. The van der Waals surface area contributed by atoms with Gasteiger partial charge in [-0.05, 0) is 24.7 Å². The summed E-state index contributed by atoms with van der Waals surface area (Å²) in [5, 5.41) is 14.7. The summed E-state index contributed by atoms with van der Waals surface area (Å²) in [5.74, 6) is 0.639. The van der Waals surface area contributed by atoms with Crippen LogP contribution in [0.4, 0.5) is 0 Å². The smallest absolute Gasteiger partial charge is 0.322 e. The minimum absolute atomic E-state index is 0.361. The second-order valence-corrected chi connectivity index (χ2v) is 4.29. The van der Waals surface area contributed by atoms with E-state index >= 15 is 0 Å². The number of fused-ring (bicyclic) bond motifs is 1. The number of hydrogen-bond acceptors (Lipinski definition) is 5. The molecule has 3 N–H and O–H groups in total. The van der Waals surface area contributed by atoms with Crippen LogP contribution in [0.15, 0.2) is 18.2 Å². The van der Waals surface area contributed by atoms with Crippen molar-refractivity contribution in [2.45, 2.75) is 12.6 Å². The number of carboxylic acids is 1. The van der Waals surface area contributed by atoms with Gasteiger partial charge in [0.15, 0.2) is 11.5 Å². The van der Waals surface area contributed by atoms with Gasteiger partial charge in [-0.15, -0.1) is 0 Å². The summed E-state index contributed by atoms with van der Waals surface area (Å²) in [5.41, 5.74) is 1.03. The average Bonchev–Trinajstić information content (AvgIpc) is 2.43. The van der Waals surface area contributed by atoms with E-state index in [9.17, 15) is 4.79 Å². The number of aliphatic carboxylic acids is 1. The van der Waals surface area contributed by atoms with E-state index < -0.39 is 12.0 Å². The first kappa shape index (κ1) is 13.6. The lowest BCUT2D eigenvalue weighted by Gasteiger charge is -2.19. The molecule has 1 unspecified atom stereocenters. The zero-order chi connectivity index (χ0) is 13.7. The monoisotopic (exact) mass is 266 g/mol. The Kier molecular flexibility index (Phi) is 4.59. The molecule has 0 aliphatic carbocycles. The molecule has 1 aromatic rings. The van der Waals surface area contributed by atoms with Crippen LogP contribution in [0.3, 0.4) is 0 Å². The fourth-order valence-electron chi connectivity index (χ4n) is 1.87. The maximum Gasteiger partial charge on any atom is 0.322 e. The Labute approximate surface area is 111 Å². The molecule has 0 saturated carbocycles. The number of rotatable bonds is 6. The largest absolute Gasteiger partial charge is 0.486 e. The third kappa shape index (κ3) is 3.59. The van der Waals surface area contributed by atoms with Crippen molar-refractivity contribution in [3.63, 3.8) is 0 Å². The lowest BCUT2D eigenvalue weighted by atomic mass is 10.2. The zero-order valence-electron chi connectivity index (χ0n) is 10.8. The zero-order valence-corrected chi connectivity index (χ0v) is 10.8. The van der Waals surface area contributed by atoms with E-state index in [1.165, 1.54) is 0 Å². The standard InChI is InChI=1S/C13H18N2O4/c1-14-10(13(16)17)8-15-7-9-2-3-11-12(6-9)19-5-4-18-11/h2-3,6,10,14-15H,4-5,7-8H2,1H3,(H,16,17). The molecular weight excluding hydrogens is 248 g/mol. The van der Waals surface area contributed by atoms with Gasteiger partial charge in [0.1, 0.15) is 19.3 Å². The Hall–Kier alpha value is -1.79. The van der Waals surface area contributed by atoms with Crippen LogP contribution < -0.4 is 20.1 Å². The number of carbonyl (C=O) groups is 1. The SMILES string of the molecule is CNC(CNCc1ccc2c(c1)OCCO2)C(=O)O. The number of hydrogen-bond donors (Lipinski definition) is 3. The van der Waals surface area contributed by atoms with Gasteiger partial charge in [-0.1, -0.05) is 6.07 Å². The van der Waals surface area contributed by atoms with Crippen LogP contribution in [-0.2, 0) is 11.3 Å². The van der Waals surface area contributed by atoms with Crippen LogP contribution in [0.2, 0.25) is 0 Å². The highest BCUT2D eigenvalue weighted by Gasteiger charge is 2.14. The lowest BCUT2D eigenvalue weighted by molar-refractivity contribution is -0.139. The molecule has 1 heterocycles. The van der Waals surface area contributed by atoms with E-state index in [-0.39, 0.29) is 0 Å². The van der Waals surface area contributed by atoms with Gasteiger partial charge in [0, 0.05) is 13.1 Å². The van der Waals surface area contributed by atoms with Gasteiger partial charge < -0.3 is 25.2 Å². The highest BCUT2D eigenvalue weighted by Crippen LogP contribution is 2.30. The molecule has 0 fully saturated rings. The van der Waals surface area contributed by atoms with E-state index in [0.29, 0.717) is 26.3 Å². The lowest BCUT2D eigenvalue weighted by Crippen LogP contribution is -2.42. The van der Waals surface area contributed by atoms with Crippen molar-refractivity contribution in [2.24, 2.45) is 0 Å². The molecule has 0 aromatic heterocycles. The molecule has 104 valence electrons. The number of nitrogens with one attached hydrogen (secondary N) is 2. The summed E-state index contributed by atoms with van der Waals surface area (Å²) in [6, 6.07) is 5.14. The number of likely N-dealkylation sites (N-methyl/N-ethyl adjacent to an activating group) is 1. The Morgan fingerprint density at radius 3 is 2.79 bits per heavy atom. The van der Waals surface area contributed by atoms with Gasteiger partial charge >= 0.3 is 5.97 Å². The Bertz CT molecular complexity index is 450. The normalized spacial score (nSPS) is 15.0. The minimum Gasteiger partial charge on any atom is -0.486 e. The van der Waals surface area contributed by atoms with Gasteiger partial charge in [-0.3, -0.25) is 4.79 Å². The first-order valence-corrected chi connectivity index (χ1v) is 6.20. The topological polar surface area (TPSA) is 79.8 Å². The fourth-order valence-corrected chi connectivity index (χ4v) is 1.87. The molecule has 0 saturated heterocycles. The van der Waals surface area contributed by atoms with Crippen molar-refractivity contribution in [2.75, 3.05) is 26.8 Å². The predicted molar refractivity (Wildman–Crippen MR) is 69.6 cm³/mol. The van der Waals surface area contributed by atoms with Crippen LogP contribution in [0.1, 0.15) is 5.56 Å². The van der Waals surface area contributed by atoms with E-state index in [1.807, 2.05) is 18.2 Å². The molecule has 1 atom stereocenters. The number of benzene rings is 1. The van der Waals surface area contributed by atoms with Crippen molar-refractivity contribution < 1.29 is 19.4 Å². The van der Waals surface area contributed by atoms with Crippen LogP contribution >= 0.6 is 0 Å². The van der Waals surface area contributed by atoms with Gasteiger partial charge in [-0.2, -0.15) is 0 Å². The maximum absolute atomic E-state index is 10.8. The predicted octanol–water partition coefficient (Wildman–Crippen LogP) is 0.220. The van der Waals surface area contributed by atoms with Crippen LogP contribution in [0.5, 0.6) is 11.5 Å². The van der Waals surface area contributed by atoms with E-state index in [4.69, 9.17) is 14.6 Å². The molecule has 0 bridgehead atoms. The molecular formula is C13H18N2O4. The third-order valence-corrected chi connectivity index (χ3v) is 2.93. The third-order valence-electron chi connectivity index (χ3n) is 2.93. The average molecular weight is 266 g/mol. The molecule has 0 radical (unpaired) electrons. The highest BCUT2D eigenvalue weighted by molar-refractivity contribution is 5.73. The molecule has 6 heteroatoms. The molecule has 2 rings (SSSR count). The quantitative estimate of drug-likeness (QED) is 0.683. The van der Waals surface area contributed by atoms with E-state index in [0.717, 1.165) is 17.1 Å². The summed E-state index contributed by atoms with van der Waals surface area (Å²) < 4.78 is 10.9. The van der Waals surface area contributed by atoms with E-state index in [1.54, 1.807) is 7.05 Å². The number of ether oxygens (including phenoxy) is 2. The van der Waals surface area contributed by atoms with E-state index in [2.05, 4.69) is 10.6 Å². The molecule has 0 spiro atoms. The molecule has 1 aliphatic heterocycles. The van der Waals surface area contributed by atoms with Gasteiger partial charge in [-0.25, -0.2) is 0 Å². The molecule has 0 amide bonds. The summed E-state index contributed by atoms with van der Waals surface area (Å²) in [6.45, 7) is 2.08. The first-order valence-electron chi connectivity index (χ1n) is 6.20. The molecule has 19 heavy (non-hydrogen) atoms. The Balaban J connectivity index is 1.88. The van der Waals surface area contributed by atoms with Gasteiger partial charge in [0.2, 0.25) is 0 Å². The second-order valence-electron chi connectivity index (χ2n) is 4.29.